The smallest absolute Gasteiger partial charge is 0.387 e. The Labute approximate surface area is 215 Å². The lowest BCUT2D eigenvalue weighted by Crippen LogP contribution is -2.30. The Morgan fingerprint density at radius 2 is 1.74 bits per heavy atom. The van der Waals surface area contributed by atoms with Crippen LogP contribution in [-0.4, -0.2) is 47.3 Å². The number of alkyl halides is 2. The number of halogens is 4. The summed E-state index contributed by atoms with van der Waals surface area (Å²) in [6.45, 7) is -0.0480. The maximum atomic E-state index is 15.3. The Morgan fingerprint density at radius 3 is 2.42 bits per heavy atom. The molecule has 38 heavy (non-hydrogen) atoms. The van der Waals surface area contributed by atoms with Crippen LogP contribution >= 0.6 is 7.14 Å². The summed E-state index contributed by atoms with van der Waals surface area (Å²) in [7, 11) is -1.12. The van der Waals surface area contributed by atoms with Gasteiger partial charge in [0, 0.05) is 47.1 Å². The highest BCUT2D eigenvalue weighted by Gasteiger charge is 2.45. The molecule has 0 aliphatic carbocycles. The molecule has 1 aromatic heterocycles. The molecule has 0 N–H and O–H groups in total. The van der Waals surface area contributed by atoms with Crippen LogP contribution < -0.4 is 10.0 Å². The molecule has 4 aromatic rings. The van der Waals surface area contributed by atoms with Crippen molar-refractivity contribution in [1.82, 2.24) is 14.5 Å². The fraction of sp³-hybridized carbons (Fsp3) is 0.259. The van der Waals surface area contributed by atoms with Gasteiger partial charge in [-0.25, -0.2) is 13.8 Å². The first-order chi connectivity index (χ1) is 18.0. The Morgan fingerprint density at radius 1 is 1.00 bits per heavy atom. The van der Waals surface area contributed by atoms with Crippen LogP contribution in [0.3, 0.4) is 0 Å². The molecule has 0 radical (unpaired) electrons. The molecular weight excluding hydrogens is 521 g/mol. The third-order valence-corrected chi connectivity index (χ3v) is 8.88. The summed E-state index contributed by atoms with van der Waals surface area (Å²) in [4.78, 5) is 19.3. The molecule has 196 valence electrons. The van der Waals surface area contributed by atoms with Gasteiger partial charge in [-0.05, 0) is 37.6 Å². The van der Waals surface area contributed by atoms with E-state index in [1.807, 2.05) is 0 Å². The van der Waals surface area contributed by atoms with Crippen molar-refractivity contribution in [1.29, 1.82) is 0 Å². The van der Waals surface area contributed by atoms with Gasteiger partial charge in [-0.3, -0.25) is 4.79 Å². The Kier molecular flexibility index (Phi) is 5.47. The fourth-order valence-electron chi connectivity index (χ4n) is 5.57. The van der Waals surface area contributed by atoms with E-state index in [-0.39, 0.29) is 33.9 Å². The lowest BCUT2D eigenvalue weighted by Gasteiger charge is -2.24. The molecule has 3 heterocycles. The Balaban J connectivity index is 1.58. The van der Waals surface area contributed by atoms with Crippen molar-refractivity contribution in [3.63, 3.8) is 0 Å². The summed E-state index contributed by atoms with van der Waals surface area (Å²) in [5.74, 6) is -1.42. The van der Waals surface area contributed by atoms with E-state index < -0.39 is 37.5 Å². The second kappa shape index (κ2) is 8.43. The van der Waals surface area contributed by atoms with Crippen molar-refractivity contribution in [2.75, 3.05) is 20.4 Å². The number of rotatable bonds is 4. The molecule has 6 nitrogen and oxygen atoms in total. The minimum atomic E-state index is -3.10. The van der Waals surface area contributed by atoms with Gasteiger partial charge >= 0.3 is 6.61 Å². The van der Waals surface area contributed by atoms with Crippen LogP contribution in [0.25, 0.3) is 22.2 Å². The molecule has 0 spiro atoms. The van der Waals surface area contributed by atoms with Crippen molar-refractivity contribution in [2.45, 2.75) is 25.1 Å². The summed E-state index contributed by atoms with van der Waals surface area (Å²) in [5, 5.41) is 0.339. The van der Waals surface area contributed by atoms with Crippen LogP contribution in [-0.2, 0) is 4.57 Å². The first-order valence-corrected chi connectivity index (χ1v) is 14.5. The van der Waals surface area contributed by atoms with Gasteiger partial charge in [0.05, 0.1) is 23.1 Å². The number of carbonyl (C=O) groups is 1. The number of amides is 1. The minimum absolute atomic E-state index is 0.00948. The van der Waals surface area contributed by atoms with Crippen molar-refractivity contribution in [2.24, 2.45) is 0 Å². The summed E-state index contributed by atoms with van der Waals surface area (Å²) in [5.41, 5.74) is 1.25. The number of imidazole rings is 1. The Hall–Kier alpha value is -3.65. The third-order valence-electron chi connectivity index (χ3n) is 7.36. The van der Waals surface area contributed by atoms with E-state index >= 15 is 8.78 Å². The van der Waals surface area contributed by atoms with Crippen LogP contribution in [0.4, 0.5) is 17.6 Å². The number of hydrogen-bond donors (Lipinski definition) is 0. The molecule has 0 unspecified atom stereocenters. The number of carbonyl (C=O) groups excluding carboxylic acids is 1. The van der Waals surface area contributed by atoms with Crippen LogP contribution in [0.2, 0.25) is 0 Å². The van der Waals surface area contributed by atoms with Gasteiger partial charge in [-0.15, -0.1) is 0 Å². The average Bonchev–Trinajstić information content (AvgIpc) is 3.35. The molecule has 2 atom stereocenters. The molecule has 0 fully saturated rings. The molecule has 0 saturated heterocycles. The summed E-state index contributed by atoms with van der Waals surface area (Å²) in [6.07, 6.45) is 0.356. The van der Waals surface area contributed by atoms with Gasteiger partial charge in [-0.1, -0.05) is 18.2 Å². The van der Waals surface area contributed by atoms with E-state index in [0.29, 0.717) is 28.6 Å². The molecule has 2 bridgehead atoms. The van der Waals surface area contributed by atoms with Gasteiger partial charge in [0.25, 0.3) is 5.91 Å². The monoisotopic (exact) mass is 543 g/mol. The molecule has 2 aliphatic rings. The summed E-state index contributed by atoms with van der Waals surface area (Å²) in [6, 6.07) is 10.1. The number of hydrogen-bond acceptors (Lipinski definition) is 4. The molecule has 1 amide bonds. The normalized spacial score (nSPS) is 18.6. The van der Waals surface area contributed by atoms with Crippen molar-refractivity contribution < 1.29 is 31.7 Å². The molecule has 6 rings (SSSR count). The van der Waals surface area contributed by atoms with E-state index in [9.17, 15) is 18.1 Å². The number of nitrogens with zero attached hydrogens (tertiary/aromatic N) is 3. The third kappa shape index (κ3) is 3.65. The molecule has 2 aliphatic heterocycles. The van der Waals surface area contributed by atoms with Crippen molar-refractivity contribution in [3.8, 4) is 16.9 Å². The van der Waals surface area contributed by atoms with Gasteiger partial charge in [0.2, 0.25) is 0 Å². The van der Waals surface area contributed by atoms with Crippen molar-refractivity contribution in [3.05, 3.63) is 77.1 Å². The van der Waals surface area contributed by atoms with Gasteiger partial charge in [0.1, 0.15) is 30.4 Å². The van der Waals surface area contributed by atoms with E-state index in [1.165, 1.54) is 54.6 Å². The van der Waals surface area contributed by atoms with Crippen LogP contribution in [0.15, 0.2) is 48.5 Å². The predicted octanol–water partition coefficient (Wildman–Crippen LogP) is 5.95. The SMILES string of the molecule is CN1C(=O)c2cccc(OC(F)F)c2[C@H]2C[C@@H]1c1nc3cc(F)c(-c4ccc(P(C)(C)=O)cc4F)cc3n12. The maximum Gasteiger partial charge on any atom is 0.387 e. The zero-order chi connectivity index (χ0) is 27.1. The highest BCUT2D eigenvalue weighted by molar-refractivity contribution is 7.70. The zero-order valence-corrected chi connectivity index (χ0v) is 21.5. The first kappa shape index (κ1) is 24.7. The van der Waals surface area contributed by atoms with Gasteiger partial charge in [0.15, 0.2) is 0 Å². The highest BCUT2D eigenvalue weighted by atomic mass is 31.2. The van der Waals surface area contributed by atoms with Crippen LogP contribution in [0.1, 0.15) is 40.3 Å². The first-order valence-electron chi connectivity index (χ1n) is 11.9. The fourth-order valence-corrected chi connectivity index (χ4v) is 6.42. The minimum Gasteiger partial charge on any atom is -0.434 e. The van der Waals surface area contributed by atoms with E-state index in [0.717, 1.165) is 6.07 Å². The van der Waals surface area contributed by atoms with E-state index in [2.05, 4.69) is 4.98 Å². The number of benzene rings is 3. The van der Waals surface area contributed by atoms with E-state index in [1.54, 1.807) is 17.7 Å². The lowest BCUT2D eigenvalue weighted by molar-refractivity contribution is -0.0507. The largest absolute Gasteiger partial charge is 0.434 e. The maximum absolute atomic E-state index is 15.3. The molecule has 0 saturated carbocycles. The number of fused-ring (bicyclic) bond motifs is 9. The van der Waals surface area contributed by atoms with Crippen LogP contribution in [0, 0.1) is 11.6 Å². The standard InChI is InChI=1S/C27H22F4N3O3P/c1-33-22-12-21(24-15(26(33)35)5-4-6-23(24)37-27(30)31)34-20-10-16(18(29)11-19(20)32-25(22)34)14-8-7-13(9-17(14)28)38(2,3)36/h4-11,21-22,27H,12H2,1-3H3/t21-,22-/m1/s1. The number of aromatic nitrogens is 2. The second-order valence-corrected chi connectivity index (χ2v) is 13.2. The summed E-state index contributed by atoms with van der Waals surface area (Å²) >= 11 is 0. The zero-order valence-electron chi connectivity index (χ0n) is 20.6. The molecule has 3 aromatic carbocycles. The summed E-state index contributed by atoms with van der Waals surface area (Å²) < 4.78 is 76.0. The van der Waals surface area contributed by atoms with E-state index in [4.69, 9.17) is 4.74 Å². The molecule has 11 heteroatoms. The molecular formula is C27H22F4N3O3P. The predicted molar refractivity (Wildman–Crippen MR) is 135 cm³/mol. The van der Waals surface area contributed by atoms with Gasteiger partial charge in [-0.2, -0.15) is 8.78 Å². The Bertz CT molecular complexity index is 1700. The topological polar surface area (TPSA) is 64.4 Å². The van der Waals surface area contributed by atoms with Crippen LogP contribution in [0.5, 0.6) is 5.75 Å². The highest BCUT2D eigenvalue weighted by Crippen LogP contribution is 2.50. The van der Waals surface area contributed by atoms with Crippen molar-refractivity contribution >= 4 is 29.4 Å². The second-order valence-electron chi connectivity index (χ2n) is 9.96. The van der Waals surface area contributed by atoms with Gasteiger partial charge < -0.3 is 18.8 Å². The lowest BCUT2D eigenvalue weighted by atomic mass is 9.97. The number of ether oxygens (including phenoxy) is 1. The quantitative estimate of drug-likeness (QED) is 0.236. The average molecular weight is 543 g/mol.